The Labute approximate surface area is 215 Å². The first-order valence-corrected chi connectivity index (χ1v) is 12.1. The van der Waals surface area contributed by atoms with Crippen molar-refractivity contribution in [2.24, 2.45) is 0 Å². The number of hydrogen-bond acceptors (Lipinski definition) is 6. The van der Waals surface area contributed by atoms with Crippen LogP contribution in [0.4, 0.5) is 4.39 Å². The number of esters is 2. The molecule has 0 aliphatic rings. The van der Waals surface area contributed by atoms with E-state index in [0.29, 0.717) is 29.2 Å². The van der Waals surface area contributed by atoms with Crippen molar-refractivity contribution in [2.75, 3.05) is 6.61 Å². The number of aromatic nitrogens is 1. The first-order valence-electron chi connectivity index (χ1n) is 12.1. The lowest BCUT2D eigenvalue weighted by molar-refractivity contribution is -0.148. The first-order chi connectivity index (χ1) is 17.9. The molecular weight excluding hydrogens is 473 g/mol. The molecule has 1 atom stereocenters. The topological polar surface area (TPSA) is 78.6 Å². The summed E-state index contributed by atoms with van der Waals surface area (Å²) < 4.78 is 30.1. The molecule has 0 N–H and O–H groups in total. The van der Waals surface area contributed by atoms with E-state index in [0.717, 1.165) is 22.3 Å². The molecule has 7 heteroatoms. The third-order valence-electron chi connectivity index (χ3n) is 6.05. The molecule has 0 radical (unpaired) electrons. The van der Waals surface area contributed by atoms with E-state index in [1.807, 2.05) is 48.5 Å². The number of carbonyl (C=O) groups is 2. The molecule has 0 amide bonds. The smallest absolute Gasteiger partial charge is 0.311 e. The van der Waals surface area contributed by atoms with Gasteiger partial charge in [0.2, 0.25) is 0 Å². The molecule has 37 heavy (non-hydrogen) atoms. The van der Waals surface area contributed by atoms with E-state index < -0.39 is 17.9 Å². The molecular formula is C30H28FNO5. The van der Waals surface area contributed by atoms with Crippen molar-refractivity contribution >= 4 is 11.9 Å². The molecule has 6 nitrogen and oxygen atoms in total. The zero-order chi connectivity index (χ0) is 26.4. The Morgan fingerprint density at radius 2 is 1.51 bits per heavy atom. The van der Waals surface area contributed by atoms with Gasteiger partial charge < -0.3 is 14.0 Å². The van der Waals surface area contributed by atoms with Crippen LogP contribution in [0.25, 0.3) is 22.5 Å². The third kappa shape index (κ3) is 6.30. The van der Waals surface area contributed by atoms with Crippen LogP contribution in [-0.2, 0) is 31.9 Å². The standard InChI is InChI=1S/C30H28FNO5/c1-4-35-28(33)17-21-9-11-22(12-10-21)23-13-15-24(16-14-23)30-26(19(2)32-37-30)18-29(34)36-20(3)25-7-5-6-8-27(25)31/h5-16,20H,4,17-18H2,1-3H3. The number of aryl methyl sites for hydroxylation is 1. The molecule has 1 unspecified atom stereocenters. The number of hydrogen-bond donors (Lipinski definition) is 0. The predicted octanol–water partition coefficient (Wildman–Crippen LogP) is 6.41. The van der Waals surface area contributed by atoms with E-state index in [2.05, 4.69) is 5.16 Å². The summed E-state index contributed by atoms with van der Waals surface area (Å²) in [7, 11) is 0. The van der Waals surface area contributed by atoms with Gasteiger partial charge in [-0.1, -0.05) is 71.9 Å². The lowest BCUT2D eigenvalue weighted by Gasteiger charge is -2.14. The highest BCUT2D eigenvalue weighted by Crippen LogP contribution is 2.30. The van der Waals surface area contributed by atoms with Crippen LogP contribution in [0, 0.1) is 12.7 Å². The van der Waals surface area contributed by atoms with Crippen molar-refractivity contribution in [3.8, 4) is 22.5 Å². The Morgan fingerprint density at radius 3 is 2.16 bits per heavy atom. The van der Waals surface area contributed by atoms with Gasteiger partial charge in [0.25, 0.3) is 0 Å². The number of ether oxygens (including phenoxy) is 2. The van der Waals surface area contributed by atoms with Crippen molar-refractivity contribution in [3.63, 3.8) is 0 Å². The van der Waals surface area contributed by atoms with Crippen LogP contribution in [0.2, 0.25) is 0 Å². The quantitative estimate of drug-likeness (QED) is 0.247. The highest BCUT2D eigenvalue weighted by Gasteiger charge is 2.21. The van der Waals surface area contributed by atoms with Gasteiger partial charge in [-0.25, -0.2) is 4.39 Å². The van der Waals surface area contributed by atoms with Gasteiger partial charge in [0.15, 0.2) is 5.76 Å². The van der Waals surface area contributed by atoms with Crippen molar-refractivity contribution < 1.29 is 28.0 Å². The molecule has 1 aromatic heterocycles. The number of nitrogens with zero attached hydrogens (tertiary/aromatic N) is 1. The average molecular weight is 502 g/mol. The maximum atomic E-state index is 14.0. The van der Waals surface area contributed by atoms with Crippen molar-refractivity contribution in [1.29, 1.82) is 0 Å². The Hall–Kier alpha value is -4.26. The molecule has 1 heterocycles. The Kier molecular flexibility index (Phi) is 8.13. The Bertz CT molecular complexity index is 1380. The van der Waals surface area contributed by atoms with Crippen LogP contribution in [-0.4, -0.2) is 23.7 Å². The molecule has 0 saturated carbocycles. The lowest BCUT2D eigenvalue weighted by atomic mass is 9.99. The van der Waals surface area contributed by atoms with Crippen molar-refractivity contribution in [1.82, 2.24) is 5.16 Å². The lowest BCUT2D eigenvalue weighted by Crippen LogP contribution is -2.13. The largest absolute Gasteiger partial charge is 0.466 e. The second-order valence-electron chi connectivity index (χ2n) is 8.66. The zero-order valence-corrected chi connectivity index (χ0v) is 21.0. The molecule has 0 saturated heterocycles. The summed E-state index contributed by atoms with van der Waals surface area (Å²) in [5.74, 6) is -0.672. The highest BCUT2D eigenvalue weighted by atomic mass is 19.1. The first kappa shape index (κ1) is 25.8. The van der Waals surface area contributed by atoms with Gasteiger partial charge in [0.05, 0.1) is 25.1 Å². The van der Waals surface area contributed by atoms with Gasteiger partial charge in [-0.2, -0.15) is 0 Å². The van der Waals surface area contributed by atoms with E-state index in [4.69, 9.17) is 14.0 Å². The summed E-state index contributed by atoms with van der Waals surface area (Å²) in [4.78, 5) is 24.4. The summed E-state index contributed by atoms with van der Waals surface area (Å²) in [5.41, 5.74) is 5.18. The number of carbonyl (C=O) groups excluding carboxylic acids is 2. The second kappa shape index (κ2) is 11.6. The molecule has 0 fully saturated rings. The van der Waals surface area contributed by atoms with Crippen LogP contribution < -0.4 is 0 Å². The number of rotatable bonds is 9. The molecule has 0 bridgehead atoms. The molecule has 0 aliphatic carbocycles. The summed E-state index contributed by atoms with van der Waals surface area (Å²) in [6.07, 6.45) is -0.532. The molecule has 4 aromatic rings. The van der Waals surface area contributed by atoms with E-state index in [1.165, 1.54) is 6.07 Å². The van der Waals surface area contributed by atoms with Crippen molar-refractivity contribution in [3.05, 3.63) is 101 Å². The van der Waals surface area contributed by atoms with Gasteiger partial charge in [-0.05, 0) is 43.5 Å². The fourth-order valence-corrected chi connectivity index (χ4v) is 4.08. The molecule has 190 valence electrons. The number of halogens is 1. The molecule has 0 spiro atoms. The summed E-state index contributed by atoms with van der Waals surface area (Å²) in [6.45, 7) is 5.56. The monoisotopic (exact) mass is 501 g/mol. The van der Waals surface area contributed by atoms with Crippen LogP contribution >= 0.6 is 0 Å². The van der Waals surface area contributed by atoms with Gasteiger partial charge in [0, 0.05) is 16.7 Å². The van der Waals surface area contributed by atoms with Gasteiger partial charge in [-0.15, -0.1) is 0 Å². The summed E-state index contributed by atoms with van der Waals surface area (Å²) >= 11 is 0. The Morgan fingerprint density at radius 1 is 0.892 bits per heavy atom. The minimum atomic E-state index is -0.722. The molecule has 3 aromatic carbocycles. The fourth-order valence-electron chi connectivity index (χ4n) is 4.08. The SMILES string of the molecule is CCOC(=O)Cc1ccc(-c2ccc(-c3onc(C)c3CC(=O)OC(C)c3ccccc3F)cc2)cc1. The second-order valence-corrected chi connectivity index (χ2v) is 8.66. The van der Waals surface area contributed by atoms with Crippen LogP contribution in [0.1, 0.15) is 42.3 Å². The average Bonchev–Trinajstić information content (AvgIpc) is 3.24. The van der Waals surface area contributed by atoms with E-state index in [-0.39, 0.29) is 18.8 Å². The van der Waals surface area contributed by atoms with Gasteiger partial charge >= 0.3 is 11.9 Å². The van der Waals surface area contributed by atoms with Gasteiger partial charge in [0.1, 0.15) is 11.9 Å². The summed E-state index contributed by atoms with van der Waals surface area (Å²) in [5, 5.41) is 4.04. The van der Waals surface area contributed by atoms with E-state index >= 15 is 0 Å². The maximum Gasteiger partial charge on any atom is 0.311 e. The van der Waals surface area contributed by atoms with Crippen LogP contribution in [0.15, 0.2) is 77.3 Å². The molecule has 4 rings (SSSR count). The van der Waals surface area contributed by atoms with Gasteiger partial charge in [-0.3, -0.25) is 9.59 Å². The normalized spacial score (nSPS) is 11.7. The van der Waals surface area contributed by atoms with E-state index in [9.17, 15) is 14.0 Å². The minimum Gasteiger partial charge on any atom is -0.466 e. The minimum absolute atomic E-state index is 0.0485. The van der Waals surface area contributed by atoms with E-state index in [1.54, 1.807) is 39.0 Å². The fraction of sp³-hybridized carbons (Fsp3) is 0.233. The van der Waals surface area contributed by atoms with Crippen LogP contribution in [0.5, 0.6) is 0 Å². The predicted molar refractivity (Wildman–Crippen MR) is 137 cm³/mol. The zero-order valence-electron chi connectivity index (χ0n) is 21.0. The highest BCUT2D eigenvalue weighted by molar-refractivity contribution is 5.78. The van der Waals surface area contributed by atoms with Crippen LogP contribution in [0.3, 0.4) is 0 Å². The number of benzene rings is 3. The summed E-state index contributed by atoms with van der Waals surface area (Å²) in [6, 6.07) is 21.7. The Balaban J connectivity index is 1.45. The third-order valence-corrected chi connectivity index (χ3v) is 6.05. The van der Waals surface area contributed by atoms with Crippen molar-refractivity contribution in [2.45, 2.75) is 39.7 Å². The molecule has 0 aliphatic heterocycles. The maximum absolute atomic E-state index is 14.0.